The van der Waals surface area contributed by atoms with Gasteiger partial charge in [-0.2, -0.15) is 0 Å². The molecule has 106 valence electrons. The highest BCUT2D eigenvalue weighted by molar-refractivity contribution is 5.94. The zero-order chi connectivity index (χ0) is 14.6. The molecule has 0 heterocycles. The summed E-state index contributed by atoms with van der Waals surface area (Å²) in [7, 11) is 3.06. The van der Waals surface area contributed by atoms with Gasteiger partial charge in [0.15, 0.2) is 0 Å². The van der Waals surface area contributed by atoms with E-state index in [2.05, 4.69) is 0 Å². The van der Waals surface area contributed by atoms with E-state index in [0.717, 1.165) is 0 Å². The Labute approximate surface area is 112 Å². The second kappa shape index (κ2) is 6.12. The Bertz CT molecular complexity index is 454. The van der Waals surface area contributed by atoms with Crippen LogP contribution in [0, 0.1) is 5.82 Å². The standard InChI is InChI=1S/C14H20FNO3/c1-14(2,18)9-16(3)13(17)10-5-6-12(15)11(7-10)8-19-4/h5-7,18H,8-9H2,1-4H3. The van der Waals surface area contributed by atoms with Gasteiger partial charge in [-0.15, -0.1) is 0 Å². The lowest BCUT2D eigenvalue weighted by molar-refractivity contribution is 0.0367. The van der Waals surface area contributed by atoms with Crippen molar-refractivity contribution in [3.63, 3.8) is 0 Å². The van der Waals surface area contributed by atoms with Crippen LogP contribution in [0.1, 0.15) is 29.8 Å². The predicted molar refractivity (Wildman–Crippen MR) is 70.4 cm³/mol. The van der Waals surface area contributed by atoms with E-state index in [1.54, 1.807) is 20.9 Å². The van der Waals surface area contributed by atoms with E-state index < -0.39 is 11.4 Å². The van der Waals surface area contributed by atoms with Crippen molar-refractivity contribution in [1.29, 1.82) is 0 Å². The van der Waals surface area contributed by atoms with Crippen molar-refractivity contribution in [2.45, 2.75) is 26.1 Å². The van der Waals surface area contributed by atoms with Crippen molar-refractivity contribution in [2.75, 3.05) is 20.7 Å². The number of amides is 1. The summed E-state index contributed by atoms with van der Waals surface area (Å²) in [4.78, 5) is 13.5. The molecule has 0 aliphatic heterocycles. The lowest BCUT2D eigenvalue weighted by Gasteiger charge is -2.25. The van der Waals surface area contributed by atoms with E-state index in [9.17, 15) is 14.3 Å². The van der Waals surface area contributed by atoms with E-state index in [0.29, 0.717) is 11.1 Å². The van der Waals surface area contributed by atoms with E-state index in [4.69, 9.17) is 4.74 Å². The number of carbonyl (C=O) groups is 1. The number of hydrogen-bond donors (Lipinski definition) is 1. The fraction of sp³-hybridized carbons (Fsp3) is 0.500. The van der Waals surface area contributed by atoms with Gasteiger partial charge in [-0.3, -0.25) is 4.79 Å². The third kappa shape index (κ3) is 4.61. The number of rotatable bonds is 5. The highest BCUT2D eigenvalue weighted by Crippen LogP contribution is 2.14. The first-order valence-electron chi connectivity index (χ1n) is 6.00. The van der Waals surface area contributed by atoms with Crippen LogP contribution in [0.2, 0.25) is 0 Å². The smallest absolute Gasteiger partial charge is 0.253 e. The van der Waals surface area contributed by atoms with Gasteiger partial charge in [-0.25, -0.2) is 4.39 Å². The zero-order valence-corrected chi connectivity index (χ0v) is 11.7. The number of carbonyl (C=O) groups excluding carboxylic acids is 1. The van der Waals surface area contributed by atoms with Crippen molar-refractivity contribution in [2.24, 2.45) is 0 Å². The van der Waals surface area contributed by atoms with Gasteiger partial charge in [0.05, 0.1) is 12.2 Å². The monoisotopic (exact) mass is 269 g/mol. The number of nitrogens with zero attached hydrogens (tertiary/aromatic N) is 1. The van der Waals surface area contributed by atoms with Crippen LogP contribution in [-0.4, -0.2) is 42.2 Å². The van der Waals surface area contributed by atoms with Crippen LogP contribution >= 0.6 is 0 Å². The van der Waals surface area contributed by atoms with Crippen LogP contribution in [0.25, 0.3) is 0 Å². The third-order valence-electron chi connectivity index (χ3n) is 2.56. The Morgan fingerprint density at radius 3 is 2.63 bits per heavy atom. The predicted octanol–water partition coefficient (Wildman–Crippen LogP) is 1.81. The third-order valence-corrected chi connectivity index (χ3v) is 2.56. The molecule has 5 heteroatoms. The van der Waals surface area contributed by atoms with E-state index in [1.807, 2.05) is 0 Å². The quantitative estimate of drug-likeness (QED) is 0.887. The Morgan fingerprint density at radius 2 is 2.11 bits per heavy atom. The highest BCUT2D eigenvalue weighted by atomic mass is 19.1. The second-order valence-electron chi connectivity index (χ2n) is 5.21. The first-order chi connectivity index (χ1) is 8.74. The summed E-state index contributed by atoms with van der Waals surface area (Å²) >= 11 is 0. The Kier molecular flexibility index (Phi) is 5.03. The van der Waals surface area contributed by atoms with E-state index >= 15 is 0 Å². The van der Waals surface area contributed by atoms with Crippen molar-refractivity contribution >= 4 is 5.91 Å². The maximum atomic E-state index is 13.4. The Hall–Kier alpha value is -1.46. The molecule has 1 aromatic carbocycles. The molecule has 0 radical (unpaired) electrons. The largest absolute Gasteiger partial charge is 0.389 e. The molecule has 1 N–H and O–H groups in total. The minimum Gasteiger partial charge on any atom is -0.389 e. The van der Waals surface area contributed by atoms with Crippen LogP contribution in [0.15, 0.2) is 18.2 Å². The van der Waals surface area contributed by atoms with Crippen LogP contribution in [-0.2, 0) is 11.3 Å². The topological polar surface area (TPSA) is 49.8 Å². The lowest BCUT2D eigenvalue weighted by Crippen LogP contribution is -2.39. The molecule has 4 nitrogen and oxygen atoms in total. The molecule has 0 fully saturated rings. The molecular weight excluding hydrogens is 249 g/mol. The lowest BCUT2D eigenvalue weighted by atomic mass is 10.1. The molecule has 0 saturated heterocycles. The van der Waals surface area contributed by atoms with E-state index in [1.165, 1.54) is 30.2 Å². The fourth-order valence-electron chi connectivity index (χ4n) is 1.85. The molecule has 0 atom stereocenters. The first-order valence-corrected chi connectivity index (χ1v) is 6.00. The summed E-state index contributed by atoms with van der Waals surface area (Å²) in [6.07, 6.45) is 0. The molecule has 1 rings (SSSR count). The molecule has 0 saturated carbocycles. The van der Waals surface area contributed by atoms with Crippen molar-refractivity contribution in [1.82, 2.24) is 4.90 Å². The minimum absolute atomic E-state index is 0.113. The van der Waals surface area contributed by atoms with Gasteiger partial charge in [0.1, 0.15) is 5.82 Å². The normalized spacial score (nSPS) is 11.5. The molecule has 1 amide bonds. The SMILES string of the molecule is COCc1cc(C(=O)N(C)CC(C)(C)O)ccc1F. The fourth-order valence-corrected chi connectivity index (χ4v) is 1.85. The number of methoxy groups -OCH3 is 1. The summed E-state index contributed by atoms with van der Waals surface area (Å²) in [5, 5.41) is 9.69. The van der Waals surface area contributed by atoms with Crippen LogP contribution < -0.4 is 0 Å². The maximum absolute atomic E-state index is 13.4. The number of likely N-dealkylation sites (N-methyl/N-ethyl adjacent to an activating group) is 1. The average molecular weight is 269 g/mol. The molecule has 0 aliphatic rings. The molecule has 0 bridgehead atoms. The molecule has 0 aromatic heterocycles. The molecule has 0 spiro atoms. The molecule has 0 unspecified atom stereocenters. The summed E-state index contributed by atoms with van der Waals surface area (Å²) < 4.78 is 18.3. The zero-order valence-electron chi connectivity index (χ0n) is 11.7. The molecule has 19 heavy (non-hydrogen) atoms. The summed E-state index contributed by atoms with van der Waals surface area (Å²) in [6, 6.07) is 4.15. The minimum atomic E-state index is -0.972. The maximum Gasteiger partial charge on any atom is 0.253 e. The van der Waals surface area contributed by atoms with Gasteiger partial charge in [0.2, 0.25) is 0 Å². The van der Waals surface area contributed by atoms with Crippen LogP contribution in [0.3, 0.4) is 0 Å². The van der Waals surface area contributed by atoms with Gasteiger partial charge >= 0.3 is 0 Å². The first kappa shape index (κ1) is 15.6. The Morgan fingerprint density at radius 1 is 1.47 bits per heavy atom. The number of hydrogen-bond acceptors (Lipinski definition) is 3. The number of benzene rings is 1. The van der Waals surface area contributed by atoms with Gasteiger partial charge < -0.3 is 14.7 Å². The second-order valence-corrected chi connectivity index (χ2v) is 5.21. The molecule has 0 aliphatic carbocycles. The van der Waals surface area contributed by atoms with E-state index in [-0.39, 0.29) is 19.1 Å². The van der Waals surface area contributed by atoms with Crippen LogP contribution in [0.5, 0.6) is 0 Å². The summed E-state index contributed by atoms with van der Waals surface area (Å²) in [5.74, 6) is -0.664. The average Bonchev–Trinajstić information content (AvgIpc) is 2.29. The van der Waals surface area contributed by atoms with Crippen LogP contribution in [0.4, 0.5) is 4.39 Å². The highest BCUT2D eigenvalue weighted by Gasteiger charge is 2.21. The van der Waals surface area contributed by atoms with Gasteiger partial charge in [-0.05, 0) is 32.0 Å². The summed E-state index contributed by atoms with van der Waals surface area (Å²) in [5.41, 5.74) is -0.259. The Balaban J connectivity index is 2.90. The number of ether oxygens (including phenoxy) is 1. The van der Waals surface area contributed by atoms with Crippen molar-refractivity contribution < 1.29 is 19.0 Å². The number of aliphatic hydroxyl groups is 1. The molecule has 1 aromatic rings. The van der Waals surface area contributed by atoms with Crippen molar-refractivity contribution in [3.8, 4) is 0 Å². The molecular formula is C14H20FNO3. The van der Waals surface area contributed by atoms with Gasteiger partial charge in [0.25, 0.3) is 5.91 Å². The van der Waals surface area contributed by atoms with Crippen molar-refractivity contribution in [3.05, 3.63) is 35.1 Å². The summed E-state index contributed by atoms with van der Waals surface area (Å²) in [6.45, 7) is 3.56. The number of halogens is 1. The van der Waals surface area contributed by atoms with Gasteiger partial charge in [0, 0.05) is 31.8 Å². The van der Waals surface area contributed by atoms with Gasteiger partial charge in [-0.1, -0.05) is 0 Å².